The highest BCUT2D eigenvalue weighted by Crippen LogP contribution is 2.27. The number of hydrogen-bond acceptors (Lipinski definition) is 5. The summed E-state index contributed by atoms with van der Waals surface area (Å²) in [6.07, 6.45) is 4.98. The average molecular weight is 331 g/mol. The summed E-state index contributed by atoms with van der Waals surface area (Å²) in [5.41, 5.74) is 0. The lowest BCUT2D eigenvalue weighted by Gasteiger charge is -2.38. The molecule has 1 atom stereocenters. The van der Waals surface area contributed by atoms with E-state index < -0.39 is 0 Å². The van der Waals surface area contributed by atoms with Crippen molar-refractivity contribution in [2.45, 2.75) is 52.5 Å². The molecule has 0 bridgehead atoms. The zero-order valence-corrected chi connectivity index (χ0v) is 15.2. The minimum Gasteiger partial charge on any atom is -0.353 e. The third-order valence-corrected chi connectivity index (χ3v) is 5.25. The predicted molar refractivity (Wildman–Crippen MR) is 96.5 cm³/mol. The molecular formula is C18H29N5O. The molecule has 1 aromatic heterocycles. The molecule has 6 heteroatoms. The standard InChI is InChI=1S/C18H29N5O/c1-4-16-7-5-6-8-23(16)18-13-17(19-14(2)20-18)22-11-9-21(10-12-22)15(3)24/h13,16H,4-12H2,1-3H3. The van der Waals surface area contributed by atoms with E-state index in [1.165, 1.54) is 19.3 Å². The Morgan fingerprint density at radius 2 is 1.83 bits per heavy atom. The van der Waals surface area contributed by atoms with Crippen LogP contribution in [0.3, 0.4) is 0 Å². The van der Waals surface area contributed by atoms with E-state index in [-0.39, 0.29) is 5.91 Å². The maximum atomic E-state index is 11.5. The van der Waals surface area contributed by atoms with Crippen molar-refractivity contribution < 1.29 is 4.79 Å². The molecule has 132 valence electrons. The van der Waals surface area contributed by atoms with Gasteiger partial charge < -0.3 is 14.7 Å². The van der Waals surface area contributed by atoms with Crippen LogP contribution in [0.2, 0.25) is 0 Å². The highest BCUT2D eigenvalue weighted by Gasteiger charge is 2.25. The predicted octanol–water partition coefficient (Wildman–Crippen LogP) is 2.22. The molecule has 0 radical (unpaired) electrons. The van der Waals surface area contributed by atoms with Crippen LogP contribution in [0.15, 0.2) is 6.07 Å². The number of rotatable bonds is 3. The van der Waals surface area contributed by atoms with Crippen molar-refractivity contribution in [3.05, 3.63) is 11.9 Å². The monoisotopic (exact) mass is 331 g/mol. The Labute approximate surface area is 144 Å². The fourth-order valence-electron chi connectivity index (χ4n) is 3.82. The smallest absolute Gasteiger partial charge is 0.219 e. The largest absolute Gasteiger partial charge is 0.353 e. The van der Waals surface area contributed by atoms with Gasteiger partial charge in [-0.15, -0.1) is 0 Å². The first-order chi connectivity index (χ1) is 11.6. The molecule has 0 aromatic carbocycles. The second kappa shape index (κ2) is 7.36. The highest BCUT2D eigenvalue weighted by atomic mass is 16.2. The van der Waals surface area contributed by atoms with Gasteiger partial charge in [0.05, 0.1) is 0 Å². The Morgan fingerprint density at radius 1 is 1.12 bits per heavy atom. The molecule has 0 saturated carbocycles. The Bertz CT molecular complexity index is 583. The molecule has 2 fully saturated rings. The van der Waals surface area contributed by atoms with Crippen LogP contribution in [0, 0.1) is 6.92 Å². The molecule has 3 heterocycles. The van der Waals surface area contributed by atoms with E-state index >= 15 is 0 Å². The molecule has 1 aromatic rings. The first kappa shape index (κ1) is 17.0. The lowest BCUT2D eigenvalue weighted by molar-refractivity contribution is -0.129. The second-order valence-electron chi connectivity index (χ2n) is 6.88. The summed E-state index contributed by atoms with van der Waals surface area (Å²) in [6.45, 7) is 10.2. The molecule has 1 amide bonds. The van der Waals surface area contributed by atoms with E-state index in [1.54, 1.807) is 6.92 Å². The van der Waals surface area contributed by atoms with Crippen molar-refractivity contribution in [2.24, 2.45) is 0 Å². The Balaban J connectivity index is 1.78. The van der Waals surface area contributed by atoms with Crippen LogP contribution in [0.25, 0.3) is 0 Å². The summed E-state index contributed by atoms with van der Waals surface area (Å²) in [5.74, 6) is 3.06. The highest BCUT2D eigenvalue weighted by molar-refractivity contribution is 5.73. The topological polar surface area (TPSA) is 52.6 Å². The van der Waals surface area contributed by atoms with Gasteiger partial charge in [-0.1, -0.05) is 6.92 Å². The van der Waals surface area contributed by atoms with Gasteiger partial charge in [-0.2, -0.15) is 0 Å². The second-order valence-corrected chi connectivity index (χ2v) is 6.88. The SMILES string of the molecule is CCC1CCCCN1c1cc(N2CCN(C(C)=O)CC2)nc(C)n1. The van der Waals surface area contributed by atoms with Crippen LogP contribution in [0.5, 0.6) is 0 Å². The molecule has 2 aliphatic heterocycles. The van der Waals surface area contributed by atoms with Crippen molar-refractivity contribution in [2.75, 3.05) is 42.5 Å². The van der Waals surface area contributed by atoms with Gasteiger partial charge in [-0.3, -0.25) is 4.79 Å². The summed E-state index contributed by atoms with van der Waals surface area (Å²) >= 11 is 0. The van der Waals surface area contributed by atoms with Crippen LogP contribution in [0.4, 0.5) is 11.6 Å². The van der Waals surface area contributed by atoms with Gasteiger partial charge >= 0.3 is 0 Å². The van der Waals surface area contributed by atoms with Crippen LogP contribution in [-0.4, -0.2) is 59.5 Å². The van der Waals surface area contributed by atoms with Crippen LogP contribution < -0.4 is 9.80 Å². The lowest BCUT2D eigenvalue weighted by Crippen LogP contribution is -2.48. The number of piperidine rings is 1. The van der Waals surface area contributed by atoms with Gasteiger partial charge in [0.1, 0.15) is 17.5 Å². The molecule has 6 nitrogen and oxygen atoms in total. The zero-order valence-electron chi connectivity index (χ0n) is 15.2. The number of hydrogen-bond donors (Lipinski definition) is 0. The van der Waals surface area contributed by atoms with Crippen molar-refractivity contribution in [3.8, 4) is 0 Å². The quantitative estimate of drug-likeness (QED) is 0.850. The van der Waals surface area contributed by atoms with E-state index in [1.807, 2.05) is 11.8 Å². The van der Waals surface area contributed by atoms with E-state index in [2.05, 4.69) is 27.8 Å². The fourth-order valence-corrected chi connectivity index (χ4v) is 3.82. The number of anilines is 2. The third-order valence-electron chi connectivity index (χ3n) is 5.25. The number of nitrogens with zero attached hydrogens (tertiary/aromatic N) is 5. The van der Waals surface area contributed by atoms with Crippen molar-refractivity contribution in [1.29, 1.82) is 0 Å². The third kappa shape index (κ3) is 3.62. The lowest BCUT2D eigenvalue weighted by atomic mass is 10.00. The Kier molecular flexibility index (Phi) is 5.21. The van der Waals surface area contributed by atoms with Gasteiger partial charge in [-0.25, -0.2) is 9.97 Å². The summed E-state index contributed by atoms with van der Waals surface area (Å²) in [5, 5.41) is 0. The minimum absolute atomic E-state index is 0.160. The van der Waals surface area contributed by atoms with Gasteiger partial charge in [-0.05, 0) is 32.6 Å². The summed E-state index contributed by atoms with van der Waals surface area (Å²) < 4.78 is 0. The first-order valence-electron chi connectivity index (χ1n) is 9.21. The molecule has 3 rings (SSSR count). The number of amides is 1. The van der Waals surface area contributed by atoms with E-state index in [4.69, 9.17) is 4.98 Å². The molecule has 0 spiro atoms. The van der Waals surface area contributed by atoms with Gasteiger partial charge in [0.15, 0.2) is 0 Å². The molecule has 1 unspecified atom stereocenters. The molecule has 0 aliphatic carbocycles. The number of aromatic nitrogens is 2. The molecule has 0 N–H and O–H groups in total. The van der Waals surface area contributed by atoms with Gasteiger partial charge in [0.2, 0.25) is 5.91 Å². The van der Waals surface area contributed by atoms with Gasteiger partial charge in [0.25, 0.3) is 0 Å². The minimum atomic E-state index is 0.160. The summed E-state index contributed by atoms with van der Waals surface area (Å²) in [4.78, 5) is 27.5. The Hall–Kier alpha value is -1.85. The normalized spacial score (nSPS) is 22.0. The zero-order chi connectivity index (χ0) is 17.1. The maximum Gasteiger partial charge on any atom is 0.219 e. The van der Waals surface area contributed by atoms with E-state index in [0.29, 0.717) is 6.04 Å². The summed E-state index contributed by atoms with van der Waals surface area (Å²) in [7, 11) is 0. The van der Waals surface area contributed by atoms with Crippen molar-refractivity contribution in [1.82, 2.24) is 14.9 Å². The first-order valence-corrected chi connectivity index (χ1v) is 9.21. The van der Waals surface area contributed by atoms with Crippen LogP contribution in [-0.2, 0) is 4.79 Å². The van der Waals surface area contributed by atoms with Crippen LogP contribution >= 0.6 is 0 Å². The van der Waals surface area contributed by atoms with Crippen molar-refractivity contribution in [3.63, 3.8) is 0 Å². The average Bonchev–Trinajstić information content (AvgIpc) is 2.61. The number of carbonyl (C=O) groups excluding carboxylic acids is 1. The van der Waals surface area contributed by atoms with Crippen molar-refractivity contribution >= 4 is 17.5 Å². The molecule has 2 saturated heterocycles. The van der Waals surface area contributed by atoms with E-state index in [0.717, 1.165) is 56.6 Å². The number of piperazine rings is 1. The number of carbonyl (C=O) groups is 1. The molecule has 24 heavy (non-hydrogen) atoms. The van der Waals surface area contributed by atoms with E-state index in [9.17, 15) is 4.79 Å². The van der Waals surface area contributed by atoms with Crippen LogP contribution in [0.1, 0.15) is 45.4 Å². The molecule has 2 aliphatic rings. The Morgan fingerprint density at radius 3 is 2.50 bits per heavy atom. The number of aryl methyl sites for hydroxylation is 1. The van der Waals surface area contributed by atoms with Gasteiger partial charge in [0, 0.05) is 51.8 Å². The summed E-state index contributed by atoms with van der Waals surface area (Å²) in [6, 6.07) is 2.74. The maximum absolute atomic E-state index is 11.5. The fraction of sp³-hybridized carbons (Fsp3) is 0.722. The molecular weight excluding hydrogens is 302 g/mol.